The van der Waals surface area contributed by atoms with Gasteiger partial charge in [-0.25, -0.2) is 0 Å². The highest BCUT2D eigenvalue weighted by atomic mass is 32.2. The lowest BCUT2D eigenvalue weighted by molar-refractivity contribution is -0.139. The zero-order chi connectivity index (χ0) is 67.5. The number of nitrogens with one attached hydrogen (secondary N) is 5. The van der Waals surface area contributed by atoms with Gasteiger partial charge in [-0.05, 0) is 37.2 Å². The third kappa shape index (κ3) is 268. The minimum Gasteiger partial charge on any atom is -0.480 e. The van der Waals surface area contributed by atoms with Crippen LogP contribution >= 0.6 is 207 Å². The van der Waals surface area contributed by atoms with Gasteiger partial charge in [0.05, 0.1) is 12.7 Å². The fraction of sp³-hybridized carbons (Fsp3) is 0.927. The smallest absolute Gasteiger partial charge is 0.321 e. The van der Waals surface area contributed by atoms with Crippen LogP contribution in [0.2, 0.25) is 0 Å². The zero-order valence-electron chi connectivity index (χ0n) is 48.3. The Balaban J connectivity index is -0.0000000446. The van der Waals surface area contributed by atoms with E-state index in [1.807, 2.05) is 6.26 Å². The fourth-order valence-corrected chi connectivity index (χ4v) is 2.72. The number of unbranched alkanes of at least 4 members (excludes halogenated alkanes) is 2. The van der Waals surface area contributed by atoms with Crippen LogP contribution in [0, 0.1) is 10.3 Å². The Hall–Kier alpha value is 3.26. The molecule has 2 amide bonds. The second-order valence-electron chi connectivity index (χ2n) is 12.2. The first-order valence-corrected chi connectivity index (χ1v) is 35.9. The molecule has 40 heteroatoms. The van der Waals surface area contributed by atoms with Crippen molar-refractivity contribution in [3.05, 3.63) is 0 Å². The van der Waals surface area contributed by atoms with Gasteiger partial charge >= 0.3 is 5.97 Å². The van der Waals surface area contributed by atoms with Gasteiger partial charge in [0.25, 0.3) is 0 Å². The maximum absolute atomic E-state index is 11.8. The average molecular weight is 1490 g/mol. The predicted molar refractivity (Wildman–Crippen MR) is 424 cm³/mol. The summed E-state index contributed by atoms with van der Waals surface area (Å²) < 4.78 is 0. The molecule has 0 heterocycles. The second-order valence-corrected chi connectivity index (χ2v) is 19.4. The number of nitrogens with two attached hydrogens (primary N) is 14. The number of carboxylic acid groups (broad SMARTS) is 1. The van der Waals surface area contributed by atoms with Gasteiger partial charge in [-0.2, -0.15) is 189 Å². The Kier molecular flexibility index (Phi) is 266. The van der Waals surface area contributed by atoms with E-state index in [1.165, 1.54) is 11.8 Å². The SMILES string of the molecule is CSCC(NCNC(=O)C(N)CCCCCC(=O)NCCS)C(=O)O.N=P.N=P.NCCS.NCCS.NCCS.NCCS.NCCS.NCCS.NCCS.NCCS.NCCS.NCCS.NCCS.NCCS.NCCS. The minimum atomic E-state index is -0.952. The topological polar surface area (TPSA) is 520 Å². The van der Waals surface area contributed by atoms with E-state index in [1.54, 1.807) is 0 Å². The first-order chi connectivity index (χ1) is 38.8. The number of thioether (sulfide) groups is 1. The first kappa shape index (κ1) is 125. The Morgan fingerprint density at radius 3 is 0.852 bits per heavy atom. The van der Waals surface area contributed by atoms with Crippen molar-refractivity contribution >= 4 is 224 Å². The molecule has 0 fully saturated rings. The van der Waals surface area contributed by atoms with Crippen molar-refractivity contribution in [1.82, 2.24) is 16.0 Å². The summed E-state index contributed by atoms with van der Waals surface area (Å²) in [7, 11) is 4.44. The number of thiol groups is 14. The third-order valence-corrected chi connectivity index (χ3v) is 9.36. The Bertz CT molecular complexity index is 791. The highest BCUT2D eigenvalue weighted by Gasteiger charge is 2.17. The quantitative estimate of drug-likeness (QED) is 0.0211. The van der Waals surface area contributed by atoms with E-state index >= 15 is 0 Å². The lowest BCUT2D eigenvalue weighted by Gasteiger charge is -2.16. The number of carbonyl (C=O) groups is 3. The number of carboxylic acids is 1. The molecule has 508 valence electrons. The van der Waals surface area contributed by atoms with E-state index in [-0.39, 0.29) is 18.5 Å². The lowest BCUT2D eigenvalue weighted by atomic mass is 10.1. The van der Waals surface area contributed by atoms with Crippen LogP contribution in [0.3, 0.4) is 0 Å². The predicted octanol–water partition coefficient (Wildman–Crippen LogP) is -0.0535. The molecule has 0 aromatic carbocycles. The molecular formula is C41H125N19O4P2S15. The van der Waals surface area contributed by atoms with Gasteiger partial charge in [0.2, 0.25) is 11.8 Å². The summed E-state index contributed by atoms with van der Waals surface area (Å²) in [6.45, 7) is 9.52. The molecule has 0 rings (SSSR count). The van der Waals surface area contributed by atoms with Crippen molar-refractivity contribution < 1.29 is 19.5 Å². The molecule has 0 aromatic heterocycles. The summed E-state index contributed by atoms with van der Waals surface area (Å²) >= 11 is 54.8. The Morgan fingerprint density at radius 2 is 0.667 bits per heavy atom. The largest absolute Gasteiger partial charge is 0.480 e. The van der Waals surface area contributed by atoms with E-state index in [2.05, 4.69) is 211 Å². The van der Waals surface area contributed by atoms with Crippen LogP contribution in [0.25, 0.3) is 0 Å². The standard InChI is InChI=1S/C15H30N4O4S2.13C2H7NS.2H2NP/c1-25-9-12(15(22)23)18-10-19-14(21)11(16)5-3-2-4-6-13(20)17-7-8-24;13*3-1-2-4;2*1-2/h11-12,18,24H,2-10,16H2,1H3,(H,17,20)(H,19,21)(H,22,23);13*4H,1-3H2;2*1-2H. The molecule has 0 aliphatic heterocycles. The summed E-state index contributed by atoms with van der Waals surface area (Å²) in [4.78, 5) is 34.2. The average Bonchev–Trinajstić information content (AvgIpc) is 3.53. The molecule has 0 spiro atoms. The van der Waals surface area contributed by atoms with E-state index in [9.17, 15) is 14.4 Å². The molecule has 34 N–H and O–H groups in total. The van der Waals surface area contributed by atoms with Crippen molar-refractivity contribution in [2.24, 2.45) is 80.3 Å². The number of rotatable bonds is 28. The number of hydrogen-bond acceptors (Lipinski definition) is 35. The molecule has 0 aliphatic rings. The molecule has 81 heavy (non-hydrogen) atoms. The van der Waals surface area contributed by atoms with Crippen molar-refractivity contribution in [3.8, 4) is 0 Å². The monoisotopic (exact) mass is 1490 g/mol. The van der Waals surface area contributed by atoms with Crippen LogP contribution in [-0.4, -0.2) is 226 Å². The number of carbonyl (C=O) groups excluding carboxylic acids is 2. The summed E-state index contributed by atoms with van der Waals surface area (Å²) in [6, 6.07) is -1.34. The van der Waals surface area contributed by atoms with Crippen LogP contribution in [0.5, 0.6) is 0 Å². The molecule has 0 saturated heterocycles. The van der Waals surface area contributed by atoms with Crippen LogP contribution in [0.15, 0.2) is 0 Å². The Morgan fingerprint density at radius 1 is 0.432 bits per heavy atom. The van der Waals surface area contributed by atoms with Crippen molar-refractivity contribution in [2.75, 3.05) is 191 Å². The summed E-state index contributed by atoms with van der Waals surface area (Å²) in [5.41, 5.74) is 70.2. The highest BCUT2D eigenvalue weighted by molar-refractivity contribution is 7.98. The first-order valence-electron chi connectivity index (χ1n) is 24.7. The molecule has 2 unspecified atom stereocenters. The normalized spacial score (nSPS) is 8.95. The van der Waals surface area contributed by atoms with E-state index < -0.39 is 18.1 Å². The molecule has 0 aliphatic carbocycles. The maximum Gasteiger partial charge on any atom is 0.321 e. The van der Waals surface area contributed by atoms with E-state index in [4.69, 9.17) is 95.7 Å². The molecule has 2 atom stereocenters. The van der Waals surface area contributed by atoms with Gasteiger partial charge in [-0.15, -0.1) is 0 Å². The summed E-state index contributed by atoms with van der Waals surface area (Å²) in [5.74, 6) is 10.1. The molecule has 0 bridgehead atoms. The van der Waals surface area contributed by atoms with Crippen molar-refractivity contribution in [1.29, 1.82) is 10.3 Å². The number of aliphatic carboxylic acids is 1. The van der Waals surface area contributed by atoms with Crippen LogP contribution < -0.4 is 96.2 Å². The number of amides is 2. The van der Waals surface area contributed by atoms with Gasteiger partial charge < -0.3 is 96.0 Å². The van der Waals surface area contributed by atoms with Gasteiger partial charge in [0.1, 0.15) is 6.04 Å². The van der Waals surface area contributed by atoms with Crippen LogP contribution in [-0.2, 0) is 14.4 Å². The maximum atomic E-state index is 11.8. The van der Waals surface area contributed by atoms with E-state index in [0.717, 1.165) is 94.0 Å². The molecule has 0 radical (unpaired) electrons. The third-order valence-electron chi connectivity index (χ3n) is 5.11. The summed E-state index contributed by atoms with van der Waals surface area (Å²) in [6.07, 6.45) is 5.14. The molecule has 23 nitrogen and oxygen atoms in total. The van der Waals surface area contributed by atoms with Gasteiger partial charge in [0.15, 0.2) is 0 Å². The minimum absolute atomic E-state index is 0.0143. The summed E-state index contributed by atoms with van der Waals surface area (Å²) in [5, 5.41) is 28.2. The number of hydrogen-bond donors (Lipinski definition) is 34. The second kappa shape index (κ2) is 172. The van der Waals surface area contributed by atoms with E-state index in [0.29, 0.717) is 116 Å². The lowest BCUT2D eigenvalue weighted by Crippen LogP contribution is -2.48. The Labute approximate surface area is 579 Å². The van der Waals surface area contributed by atoms with Crippen LogP contribution in [0.4, 0.5) is 0 Å². The fourth-order valence-electron chi connectivity index (χ4n) is 2.02. The van der Waals surface area contributed by atoms with Gasteiger partial charge in [-0.1, -0.05) is 12.8 Å². The zero-order valence-corrected chi connectivity index (χ0v) is 63.7. The van der Waals surface area contributed by atoms with Crippen molar-refractivity contribution in [3.63, 3.8) is 0 Å². The van der Waals surface area contributed by atoms with Gasteiger partial charge in [-0.3, -0.25) is 30.0 Å². The molecular weight excluding hydrogens is 1370 g/mol. The van der Waals surface area contributed by atoms with Gasteiger partial charge in [0, 0.05) is 184 Å². The molecule has 0 saturated carbocycles. The van der Waals surface area contributed by atoms with Crippen molar-refractivity contribution in [2.45, 2.75) is 44.2 Å². The van der Waals surface area contributed by atoms with Crippen LogP contribution in [0.1, 0.15) is 32.1 Å². The molecule has 0 aromatic rings. The highest BCUT2D eigenvalue weighted by Crippen LogP contribution is 2.05.